The number of allylic oxidation sites excluding steroid dienone is 4. The summed E-state index contributed by atoms with van der Waals surface area (Å²) in [5, 5.41) is 0.348. The van der Waals surface area contributed by atoms with E-state index in [4.69, 9.17) is 16.4 Å². The van der Waals surface area contributed by atoms with Crippen LogP contribution in [0.25, 0.3) is 6.08 Å². The molecule has 20 heavy (non-hydrogen) atoms. The smallest absolute Gasteiger partial charge is 0.0908 e. The monoisotopic (exact) mass is 304 g/mol. The molecule has 2 rings (SSSR count). The van der Waals surface area contributed by atoms with Crippen molar-refractivity contribution in [3.8, 4) is 0 Å². The molecule has 1 unspecified atom stereocenters. The van der Waals surface area contributed by atoms with Crippen molar-refractivity contribution in [3.05, 3.63) is 76.1 Å². The molecule has 0 saturated carbocycles. The molecule has 102 valence electrons. The highest BCUT2D eigenvalue weighted by atomic mass is 35.5. The molecule has 1 heterocycles. The Hall–Kier alpha value is -1.87. The predicted molar refractivity (Wildman–Crippen MR) is 83.7 cm³/mol. The average molecular weight is 305 g/mol. The molecule has 0 radical (unpaired) electrons. The maximum absolute atomic E-state index is 12.4. The van der Waals surface area contributed by atoms with Gasteiger partial charge in [-0.05, 0) is 23.8 Å². The highest BCUT2D eigenvalue weighted by molar-refractivity contribution is 7.96. The number of aromatic nitrogens is 1. The molecule has 1 aliphatic carbocycles. The van der Waals surface area contributed by atoms with Crippen molar-refractivity contribution in [1.29, 1.82) is 4.78 Å². The Morgan fingerprint density at radius 1 is 1.40 bits per heavy atom. The highest BCUT2D eigenvalue weighted by Gasteiger charge is 2.09. The lowest BCUT2D eigenvalue weighted by Crippen LogP contribution is -2.03. The van der Waals surface area contributed by atoms with E-state index in [0.29, 0.717) is 9.94 Å². The van der Waals surface area contributed by atoms with E-state index >= 15 is 0 Å². The van der Waals surface area contributed by atoms with Crippen molar-refractivity contribution in [2.24, 2.45) is 0 Å². The quantitative estimate of drug-likeness (QED) is 0.858. The van der Waals surface area contributed by atoms with E-state index in [9.17, 15) is 4.21 Å². The summed E-state index contributed by atoms with van der Waals surface area (Å²) >= 11 is 5.87. The first kappa shape index (κ1) is 14.5. The van der Waals surface area contributed by atoms with E-state index < -0.39 is 9.73 Å². The van der Waals surface area contributed by atoms with Gasteiger partial charge < -0.3 is 0 Å². The van der Waals surface area contributed by atoms with Crippen LogP contribution >= 0.6 is 11.6 Å². The van der Waals surface area contributed by atoms with Gasteiger partial charge in [-0.25, -0.2) is 8.99 Å². The fraction of sp³-hybridized carbons (Fsp3) is 0.0667. The normalized spacial score (nSPS) is 17.4. The zero-order valence-electron chi connectivity index (χ0n) is 10.6. The first-order valence-electron chi connectivity index (χ1n) is 5.92. The van der Waals surface area contributed by atoms with Gasteiger partial charge in [0.15, 0.2) is 0 Å². The number of hydrogen-bond acceptors (Lipinski definition) is 3. The van der Waals surface area contributed by atoms with Crippen LogP contribution in [0.1, 0.15) is 5.56 Å². The third-order valence-electron chi connectivity index (χ3n) is 2.52. The van der Waals surface area contributed by atoms with Gasteiger partial charge >= 0.3 is 0 Å². The Bertz CT molecular complexity index is 737. The fourth-order valence-corrected chi connectivity index (χ4v) is 2.91. The second-order valence-corrected chi connectivity index (χ2v) is 6.62. The average Bonchev–Trinajstić information content (AvgIpc) is 2.65. The lowest BCUT2D eigenvalue weighted by Gasteiger charge is -2.02. The third-order valence-corrected chi connectivity index (χ3v) is 4.36. The number of halogens is 1. The summed E-state index contributed by atoms with van der Waals surface area (Å²) in [6, 6.07) is 3.71. The molecular weight excluding hydrogens is 292 g/mol. The van der Waals surface area contributed by atoms with E-state index in [-0.39, 0.29) is 5.75 Å². The maximum Gasteiger partial charge on any atom is 0.0908 e. The minimum Gasteiger partial charge on any atom is -0.264 e. The molecule has 0 aromatic carbocycles. The Balaban J connectivity index is 2.17. The van der Waals surface area contributed by atoms with E-state index in [1.165, 1.54) is 0 Å². The number of hydrogen-bond donors (Lipinski definition) is 1. The van der Waals surface area contributed by atoms with E-state index in [1.807, 2.05) is 12.1 Å². The Labute approximate surface area is 123 Å². The van der Waals surface area contributed by atoms with Crippen molar-refractivity contribution in [2.75, 3.05) is 5.75 Å². The molecule has 1 aliphatic rings. The maximum atomic E-state index is 12.4. The standard InChI is InChI=1S/C15H13ClN2OS/c16-14-7-1-2-8-15(11-14)20(17,19)10-4-6-13-5-3-9-18-12-13/h1-9,12,17H,10H2/b6-4-. The first-order valence-corrected chi connectivity index (χ1v) is 8.03. The van der Waals surface area contributed by atoms with Crippen molar-refractivity contribution in [3.63, 3.8) is 0 Å². The van der Waals surface area contributed by atoms with Gasteiger partial charge in [0.2, 0.25) is 0 Å². The molecule has 3 nitrogen and oxygen atoms in total. The molecule has 5 heteroatoms. The van der Waals surface area contributed by atoms with Gasteiger partial charge in [0.25, 0.3) is 0 Å². The number of rotatable bonds is 4. The third kappa shape index (κ3) is 4.07. The molecule has 1 aromatic heterocycles. The largest absolute Gasteiger partial charge is 0.264 e. The van der Waals surface area contributed by atoms with Crippen LogP contribution < -0.4 is 0 Å². The van der Waals surface area contributed by atoms with Crippen LogP contribution in [0.4, 0.5) is 0 Å². The Kier molecular flexibility index (Phi) is 4.74. The molecule has 0 aliphatic heterocycles. The van der Waals surface area contributed by atoms with Gasteiger partial charge in [0.05, 0.1) is 25.4 Å². The van der Waals surface area contributed by atoms with Crippen LogP contribution in [-0.4, -0.2) is 14.9 Å². The lowest BCUT2D eigenvalue weighted by molar-refractivity contribution is 0.681. The van der Waals surface area contributed by atoms with Crippen LogP contribution in [0.5, 0.6) is 0 Å². The van der Waals surface area contributed by atoms with Crippen LogP contribution in [0.15, 0.2) is 70.6 Å². The van der Waals surface area contributed by atoms with Gasteiger partial charge in [-0.2, -0.15) is 0 Å². The van der Waals surface area contributed by atoms with Crippen molar-refractivity contribution >= 4 is 27.4 Å². The molecule has 0 fully saturated rings. The lowest BCUT2D eigenvalue weighted by atomic mass is 10.3. The summed E-state index contributed by atoms with van der Waals surface area (Å²) in [4.78, 5) is 4.29. The molecule has 1 aromatic rings. The second kappa shape index (κ2) is 6.53. The summed E-state index contributed by atoms with van der Waals surface area (Å²) in [6.45, 7) is 0. The van der Waals surface area contributed by atoms with Crippen LogP contribution in [0, 0.1) is 4.78 Å². The number of nitrogens with one attached hydrogen (secondary N) is 1. The Morgan fingerprint density at radius 2 is 2.20 bits per heavy atom. The molecule has 1 atom stereocenters. The zero-order chi connectivity index (χ0) is 14.4. The number of nitrogens with zero attached hydrogens (tertiary/aromatic N) is 1. The SMILES string of the molecule is N=S(=O)(C/C=C\c1cccnc1)C1=C=C(Cl)C=CC=C1. The van der Waals surface area contributed by atoms with Crippen molar-refractivity contribution in [1.82, 2.24) is 4.98 Å². The van der Waals surface area contributed by atoms with Crippen LogP contribution in [0.3, 0.4) is 0 Å². The summed E-state index contributed by atoms with van der Waals surface area (Å²) in [5.41, 5.74) is 3.69. The topological polar surface area (TPSA) is 53.8 Å². The van der Waals surface area contributed by atoms with Gasteiger partial charge in [-0.3, -0.25) is 4.98 Å². The van der Waals surface area contributed by atoms with E-state index in [2.05, 4.69) is 10.7 Å². The molecular formula is C15H13ClN2OS. The molecule has 0 bridgehead atoms. The minimum atomic E-state index is -2.94. The fourth-order valence-electron chi connectivity index (χ4n) is 1.56. The molecule has 0 amide bonds. The minimum absolute atomic E-state index is 0.110. The summed E-state index contributed by atoms with van der Waals surface area (Å²) < 4.78 is 20.4. The van der Waals surface area contributed by atoms with Crippen LogP contribution in [0.2, 0.25) is 0 Å². The van der Waals surface area contributed by atoms with E-state index in [0.717, 1.165) is 5.56 Å². The highest BCUT2D eigenvalue weighted by Crippen LogP contribution is 2.16. The van der Waals surface area contributed by atoms with Gasteiger partial charge in [0, 0.05) is 12.4 Å². The van der Waals surface area contributed by atoms with Gasteiger partial charge in [-0.15, -0.1) is 0 Å². The van der Waals surface area contributed by atoms with Gasteiger partial charge in [0.1, 0.15) is 0 Å². The summed E-state index contributed by atoms with van der Waals surface area (Å²) in [5.74, 6) is 0.110. The number of pyridine rings is 1. The molecule has 0 saturated heterocycles. The predicted octanol–water partition coefficient (Wildman–Crippen LogP) is 3.87. The van der Waals surface area contributed by atoms with Crippen LogP contribution in [-0.2, 0) is 9.73 Å². The van der Waals surface area contributed by atoms with Gasteiger partial charge in [-0.1, -0.05) is 47.7 Å². The first-order chi connectivity index (χ1) is 9.58. The second-order valence-electron chi connectivity index (χ2n) is 4.09. The van der Waals surface area contributed by atoms with Crippen molar-refractivity contribution in [2.45, 2.75) is 0 Å². The molecule has 0 spiro atoms. The molecule has 1 N–H and O–H groups in total. The Morgan fingerprint density at radius 3 is 2.95 bits per heavy atom. The van der Waals surface area contributed by atoms with Crippen molar-refractivity contribution < 1.29 is 4.21 Å². The zero-order valence-corrected chi connectivity index (χ0v) is 12.2. The van der Waals surface area contributed by atoms with E-state index in [1.54, 1.807) is 48.8 Å². The summed E-state index contributed by atoms with van der Waals surface area (Å²) in [7, 11) is -2.94. The summed E-state index contributed by atoms with van der Waals surface area (Å²) in [6.07, 6.45) is 13.6.